The Balaban J connectivity index is 0. The van der Waals surface area contributed by atoms with Gasteiger partial charge in [-0.25, -0.2) is 4.79 Å². The highest BCUT2D eigenvalue weighted by Gasteiger charge is 2.39. The lowest BCUT2D eigenvalue weighted by atomic mass is 10.1. The molecule has 0 aliphatic heterocycles. The molecule has 8 heteroatoms. The number of nitrogens with one attached hydrogen (secondary N) is 1. The van der Waals surface area contributed by atoms with Crippen LogP contribution in [-0.2, 0) is 33.3 Å². The van der Waals surface area contributed by atoms with Crippen LogP contribution in [-0.4, -0.2) is 55.6 Å². The lowest BCUT2D eigenvalue weighted by molar-refractivity contribution is -0.155. The summed E-state index contributed by atoms with van der Waals surface area (Å²) in [5.74, 6) is 1.97. The third-order valence-electron chi connectivity index (χ3n) is 11.1. The maximum absolute atomic E-state index is 13.1. The van der Waals surface area contributed by atoms with Crippen LogP contribution in [0.2, 0.25) is 0 Å². The molecule has 1 N–H and O–H groups in total. The van der Waals surface area contributed by atoms with Crippen molar-refractivity contribution in [2.24, 2.45) is 0 Å². The van der Waals surface area contributed by atoms with E-state index in [-0.39, 0.29) is 23.7 Å². The highest BCUT2D eigenvalue weighted by Crippen LogP contribution is 2.29. The molecule has 0 bridgehead atoms. The topological polar surface area (TPSA) is 100 Å². The third kappa shape index (κ3) is 39.2. The molecular weight excluding hydrogens is 775 g/mol. The zero-order valence-corrected chi connectivity index (χ0v) is 42.0. The molecule has 0 heterocycles. The normalized spacial score (nSPS) is 15.9. The number of unbranched alkanes of at least 4 members (excludes halogenated alkanes) is 20. The van der Waals surface area contributed by atoms with E-state index in [9.17, 15) is 14.4 Å². The van der Waals surface area contributed by atoms with Crippen LogP contribution in [0.15, 0.2) is 30.1 Å². The van der Waals surface area contributed by atoms with Gasteiger partial charge in [-0.1, -0.05) is 189 Å². The fraction of sp³-hybridized carbons (Fsp3) is 0.852. The van der Waals surface area contributed by atoms with Crippen molar-refractivity contribution in [3.63, 3.8) is 0 Å². The molecule has 1 aliphatic rings. The van der Waals surface area contributed by atoms with Crippen LogP contribution >= 0.6 is 0 Å². The van der Waals surface area contributed by atoms with Crippen LogP contribution in [0.1, 0.15) is 261 Å². The minimum atomic E-state index is -0.543. The summed E-state index contributed by atoms with van der Waals surface area (Å²) in [6.07, 6.45) is 39.7. The van der Waals surface area contributed by atoms with Crippen molar-refractivity contribution in [2.75, 3.05) is 13.2 Å². The lowest BCUT2D eigenvalue weighted by Crippen LogP contribution is -2.33. The van der Waals surface area contributed by atoms with Crippen molar-refractivity contribution >= 4 is 17.8 Å². The SMILES string of the molecule is CC.CC.CCCCC/C=C\C/C=C\CCCCCCCC(=O)OC1CC(NC(=O)CCCCC)CC1OC(=C=O)CCC(OCCCCCCCC)OCCCCCCCC. The Morgan fingerprint density at radius 1 is 0.548 bits per heavy atom. The average Bonchev–Trinajstić information content (AvgIpc) is 3.65. The molecule has 1 fully saturated rings. The zero-order chi connectivity index (χ0) is 46.2. The highest BCUT2D eigenvalue weighted by atomic mass is 16.7. The van der Waals surface area contributed by atoms with Gasteiger partial charge >= 0.3 is 5.97 Å². The van der Waals surface area contributed by atoms with E-state index in [4.69, 9.17) is 18.9 Å². The van der Waals surface area contributed by atoms with Gasteiger partial charge in [-0.05, 0) is 57.8 Å². The average molecular weight is 876 g/mol. The maximum atomic E-state index is 13.1. The van der Waals surface area contributed by atoms with Crippen molar-refractivity contribution < 1.29 is 33.3 Å². The Morgan fingerprint density at radius 3 is 1.53 bits per heavy atom. The van der Waals surface area contributed by atoms with Gasteiger partial charge in [0.25, 0.3) is 0 Å². The summed E-state index contributed by atoms with van der Waals surface area (Å²) in [5.41, 5.74) is 0. The predicted octanol–water partition coefficient (Wildman–Crippen LogP) is 15.6. The molecule has 0 radical (unpaired) electrons. The number of allylic oxidation sites excluding steroid dienone is 5. The number of ether oxygens (including phenoxy) is 4. The van der Waals surface area contributed by atoms with E-state index in [1.807, 2.05) is 33.6 Å². The quantitative estimate of drug-likeness (QED) is 0.0163. The van der Waals surface area contributed by atoms with Gasteiger partial charge in [-0.2, -0.15) is 0 Å². The van der Waals surface area contributed by atoms with Gasteiger partial charge in [0.15, 0.2) is 18.0 Å². The van der Waals surface area contributed by atoms with Gasteiger partial charge in [-0.3, -0.25) is 9.59 Å². The Labute approximate surface area is 384 Å². The first kappa shape index (κ1) is 61.7. The van der Waals surface area contributed by atoms with Crippen molar-refractivity contribution in [1.82, 2.24) is 5.32 Å². The minimum Gasteiger partial charge on any atom is -0.479 e. The van der Waals surface area contributed by atoms with E-state index >= 15 is 0 Å². The van der Waals surface area contributed by atoms with Crippen LogP contribution < -0.4 is 5.32 Å². The fourth-order valence-corrected chi connectivity index (χ4v) is 7.45. The van der Waals surface area contributed by atoms with E-state index in [0.29, 0.717) is 51.7 Å². The summed E-state index contributed by atoms with van der Waals surface area (Å²) in [7, 11) is 0. The Kier molecular flexibility index (Phi) is 49.3. The minimum absolute atomic E-state index is 0.00771. The van der Waals surface area contributed by atoms with E-state index in [0.717, 1.165) is 89.9 Å². The maximum Gasteiger partial charge on any atom is 0.306 e. The van der Waals surface area contributed by atoms with E-state index in [1.54, 1.807) is 0 Å². The summed E-state index contributed by atoms with van der Waals surface area (Å²) < 4.78 is 24.7. The molecule has 1 aliphatic carbocycles. The van der Waals surface area contributed by atoms with E-state index in [1.165, 1.54) is 77.0 Å². The lowest BCUT2D eigenvalue weighted by Gasteiger charge is -2.23. The molecule has 364 valence electrons. The first-order chi connectivity index (χ1) is 30.5. The van der Waals surface area contributed by atoms with Crippen LogP contribution in [0, 0.1) is 0 Å². The smallest absolute Gasteiger partial charge is 0.306 e. The first-order valence-electron chi connectivity index (χ1n) is 26.4. The van der Waals surface area contributed by atoms with Crippen LogP contribution in [0.5, 0.6) is 0 Å². The number of carbonyl (C=O) groups is 2. The van der Waals surface area contributed by atoms with Crippen LogP contribution in [0.3, 0.4) is 0 Å². The summed E-state index contributed by atoms with van der Waals surface area (Å²) in [5, 5.41) is 3.14. The molecule has 1 rings (SSSR count). The third-order valence-corrected chi connectivity index (χ3v) is 11.1. The van der Waals surface area contributed by atoms with E-state index in [2.05, 4.69) is 57.3 Å². The zero-order valence-electron chi connectivity index (χ0n) is 42.0. The second-order valence-electron chi connectivity index (χ2n) is 16.6. The van der Waals surface area contributed by atoms with Gasteiger partial charge in [0.1, 0.15) is 12.2 Å². The van der Waals surface area contributed by atoms with Crippen LogP contribution in [0.4, 0.5) is 0 Å². The highest BCUT2D eigenvalue weighted by molar-refractivity contribution is 5.76. The summed E-state index contributed by atoms with van der Waals surface area (Å²) >= 11 is 0. The van der Waals surface area contributed by atoms with Crippen molar-refractivity contribution in [3.05, 3.63) is 30.1 Å². The molecule has 1 amide bonds. The number of hydrogen-bond donors (Lipinski definition) is 1. The molecule has 0 saturated heterocycles. The molecule has 8 nitrogen and oxygen atoms in total. The van der Waals surface area contributed by atoms with Crippen molar-refractivity contribution in [3.8, 4) is 0 Å². The summed E-state index contributed by atoms with van der Waals surface area (Å²) in [6, 6.07) is -0.185. The molecular formula is C54H101NO7. The van der Waals surface area contributed by atoms with Crippen LogP contribution in [0.25, 0.3) is 0 Å². The summed E-state index contributed by atoms with van der Waals surface area (Å²) in [4.78, 5) is 38.0. The molecule has 62 heavy (non-hydrogen) atoms. The number of amides is 1. The number of hydrogen-bond acceptors (Lipinski definition) is 7. The molecule has 0 aromatic carbocycles. The molecule has 0 spiro atoms. The number of esters is 1. The largest absolute Gasteiger partial charge is 0.479 e. The Morgan fingerprint density at radius 2 is 0.984 bits per heavy atom. The Hall–Kier alpha value is -2.41. The van der Waals surface area contributed by atoms with Gasteiger partial charge in [-0.15, -0.1) is 0 Å². The van der Waals surface area contributed by atoms with Crippen molar-refractivity contribution in [2.45, 2.75) is 285 Å². The van der Waals surface area contributed by atoms with Gasteiger partial charge in [0.05, 0.1) is 0 Å². The van der Waals surface area contributed by atoms with Crippen molar-refractivity contribution in [1.29, 1.82) is 0 Å². The predicted molar refractivity (Wildman–Crippen MR) is 263 cm³/mol. The molecule has 0 aromatic heterocycles. The molecule has 0 aromatic rings. The summed E-state index contributed by atoms with van der Waals surface area (Å²) in [6.45, 7) is 18.1. The van der Waals surface area contributed by atoms with E-state index < -0.39 is 18.5 Å². The standard InChI is InChI=1S/C50H89NO7.2C2H6/c1-5-9-13-16-19-20-21-22-23-24-25-26-27-28-32-36-49(54)58-47-42-44(51-48(53)35-31-12-8-4)41-46(47)57-45(43-52)37-38-50(55-39-33-29-17-14-10-6-2)56-40-34-30-18-15-11-7-3;2*1-2/h19-20,22-23,44,46-47,50H,5-18,21,24-42H2,1-4H3,(H,51,53);2*1-2H3/b20-19-,23-22-;;. The van der Waals surface area contributed by atoms with Gasteiger partial charge in [0, 0.05) is 57.8 Å². The molecule has 3 unspecified atom stereocenters. The fourth-order valence-electron chi connectivity index (χ4n) is 7.45. The second kappa shape index (κ2) is 49.6. The molecule has 1 saturated carbocycles. The first-order valence-corrected chi connectivity index (χ1v) is 26.4. The number of rotatable bonds is 41. The number of carbonyl (C=O) groups excluding carboxylic acids is 3. The monoisotopic (exact) mass is 876 g/mol. The second-order valence-corrected chi connectivity index (χ2v) is 16.6. The van der Waals surface area contributed by atoms with Gasteiger partial charge < -0.3 is 24.3 Å². The molecule has 3 atom stereocenters. The Bertz CT molecular complexity index is 1070. The van der Waals surface area contributed by atoms with Gasteiger partial charge in [0.2, 0.25) is 5.91 Å².